The molecule has 0 atom stereocenters. The Balaban J connectivity index is 1.62. The maximum Gasteiger partial charge on any atom is 0.251 e. The summed E-state index contributed by atoms with van der Waals surface area (Å²) in [5.41, 5.74) is 0.694. The lowest BCUT2D eigenvalue weighted by atomic mass is 10.1. The van der Waals surface area contributed by atoms with Crippen LogP contribution in [-0.2, 0) is 4.74 Å². The van der Waals surface area contributed by atoms with E-state index in [2.05, 4.69) is 10.6 Å². The number of nitrogens with one attached hydrogen (secondary N) is 2. The molecule has 1 aromatic carbocycles. The average Bonchev–Trinajstić information content (AvgIpc) is 2.45. The van der Waals surface area contributed by atoms with Gasteiger partial charge in [-0.1, -0.05) is 18.2 Å². The van der Waals surface area contributed by atoms with Crippen molar-refractivity contribution in [3.8, 4) is 0 Å². The minimum absolute atomic E-state index is 0.0375. The summed E-state index contributed by atoms with van der Waals surface area (Å²) in [6, 6.07) is 9.24. The molecular weight excluding hydrogens is 228 g/mol. The van der Waals surface area contributed by atoms with Gasteiger partial charge in [-0.15, -0.1) is 0 Å². The third-order valence-electron chi connectivity index (χ3n) is 3.06. The summed E-state index contributed by atoms with van der Waals surface area (Å²) in [5, 5.41) is 6.15. The van der Waals surface area contributed by atoms with Gasteiger partial charge in [-0.25, -0.2) is 0 Å². The lowest BCUT2D eigenvalue weighted by Crippen LogP contribution is -2.34. The fourth-order valence-electron chi connectivity index (χ4n) is 2.04. The number of amides is 1. The van der Waals surface area contributed by atoms with Crippen LogP contribution in [0.2, 0.25) is 0 Å². The molecule has 1 aliphatic rings. The molecule has 0 aliphatic carbocycles. The topological polar surface area (TPSA) is 50.4 Å². The van der Waals surface area contributed by atoms with Gasteiger partial charge in [0.05, 0.1) is 12.7 Å². The fraction of sp³-hybridized carbons (Fsp3) is 0.500. The van der Waals surface area contributed by atoms with Gasteiger partial charge < -0.3 is 15.4 Å². The zero-order valence-electron chi connectivity index (χ0n) is 10.5. The molecule has 1 saturated heterocycles. The van der Waals surface area contributed by atoms with E-state index in [1.54, 1.807) is 0 Å². The highest BCUT2D eigenvalue weighted by Crippen LogP contribution is 2.06. The van der Waals surface area contributed by atoms with E-state index in [-0.39, 0.29) is 5.91 Å². The predicted octanol–water partition coefficient (Wildman–Crippen LogP) is 1.18. The number of carbonyl (C=O) groups is 1. The van der Waals surface area contributed by atoms with Crippen molar-refractivity contribution in [3.05, 3.63) is 35.9 Å². The SMILES string of the molecule is O=C(NCCOC1CCNCC1)c1ccccc1. The molecule has 0 spiro atoms. The van der Waals surface area contributed by atoms with Gasteiger partial charge >= 0.3 is 0 Å². The van der Waals surface area contributed by atoms with Crippen molar-refractivity contribution in [2.45, 2.75) is 18.9 Å². The van der Waals surface area contributed by atoms with Crippen LogP contribution in [0.25, 0.3) is 0 Å². The van der Waals surface area contributed by atoms with E-state index in [1.165, 1.54) is 0 Å². The van der Waals surface area contributed by atoms with Crippen molar-refractivity contribution >= 4 is 5.91 Å². The number of rotatable bonds is 5. The quantitative estimate of drug-likeness (QED) is 0.769. The molecule has 4 heteroatoms. The summed E-state index contributed by atoms with van der Waals surface area (Å²) in [6.45, 7) is 3.21. The first-order valence-electron chi connectivity index (χ1n) is 6.52. The van der Waals surface area contributed by atoms with Crippen molar-refractivity contribution in [2.24, 2.45) is 0 Å². The first-order valence-corrected chi connectivity index (χ1v) is 6.52. The van der Waals surface area contributed by atoms with Gasteiger partial charge in [0.2, 0.25) is 0 Å². The molecule has 98 valence electrons. The predicted molar refractivity (Wildman–Crippen MR) is 70.6 cm³/mol. The number of carbonyl (C=O) groups excluding carboxylic acids is 1. The normalized spacial score (nSPS) is 16.4. The minimum Gasteiger partial charge on any atom is -0.376 e. The Bertz CT molecular complexity index is 361. The number of benzene rings is 1. The number of hydrogen-bond donors (Lipinski definition) is 2. The molecular formula is C14H20N2O2. The van der Waals surface area contributed by atoms with Crippen LogP contribution in [0.1, 0.15) is 23.2 Å². The Morgan fingerprint density at radius 1 is 1.28 bits per heavy atom. The smallest absolute Gasteiger partial charge is 0.251 e. The molecule has 0 bridgehead atoms. The number of piperidine rings is 1. The van der Waals surface area contributed by atoms with Crippen LogP contribution in [0, 0.1) is 0 Å². The standard InChI is InChI=1S/C14H20N2O2/c17-14(12-4-2-1-3-5-12)16-10-11-18-13-6-8-15-9-7-13/h1-5,13,15H,6-11H2,(H,16,17). The summed E-state index contributed by atoms with van der Waals surface area (Å²) in [7, 11) is 0. The molecule has 1 fully saturated rings. The fourth-order valence-corrected chi connectivity index (χ4v) is 2.04. The second kappa shape index (κ2) is 7.13. The Morgan fingerprint density at radius 2 is 2.00 bits per heavy atom. The second-order valence-corrected chi connectivity index (χ2v) is 4.44. The lowest BCUT2D eigenvalue weighted by molar-refractivity contribution is 0.0343. The molecule has 0 unspecified atom stereocenters. The molecule has 0 aromatic heterocycles. The molecule has 0 saturated carbocycles. The highest BCUT2D eigenvalue weighted by molar-refractivity contribution is 5.94. The summed E-state index contributed by atoms with van der Waals surface area (Å²) in [4.78, 5) is 11.7. The van der Waals surface area contributed by atoms with Crippen LogP contribution >= 0.6 is 0 Å². The second-order valence-electron chi connectivity index (χ2n) is 4.44. The minimum atomic E-state index is -0.0375. The van der Waals surface area contributed by atoms with Crippen molar-refractivity contribution in [1.82, 2.24) is 10.6 Å². The summed E-state index contributed by atoms with van der Waals surface area (Å²) >= 11 is 0. The Morgan fingerprint density at radius 3 is 2.72 bits per heavy atom. The zero-order chi connectivity index (χ0) is 12.6. The van der Waals surface area contributed by atoms with Gasteiger partial charge in [-0.2, -0.15) is 0 Å². The molecule has 2 N–H and O–H groups in total. The Labute approximate surface area is 108 Å². The van der Waals surface area contributed by atoms with Crippen molar-refractivity contribution in [3.63, 3.8) is 0 Å². The first kappa shape index (κ1) is 13.1. The zero-order valence-corrected chi connectivity index (χ0v) is 10.5. The maximum absolute atomic E-state index is 11.7. The summed E-state index contributed by atoms with van der Waals surface area (Å²) in [6.07, 6.45) is 2.47. The molecule has 1 heterocycles. The third kappa shape index (κ3) is 4.13. The van der Waals surface area contributed by atoms with Crippen LogP contribution in [0.15, 0.2) is 30.3 Å². The van der Waals surface area contributed by atoms with E-state index in [0.717, 1.165) is 25.9 Å². The Hall–Kier alpha value is -1.39. The van der Waals surface area contributed by atoms with Crippen molar-refractivity contribution in [2.75, 3.05) is 26.2 Å². The van der Waals surface area contributed by atoms with Crippen LogP contribution in [0.5, 0.6) is 0 Å². The van der Waals surface area contributed by atoms with Crippen molar-refractivity contribution < 1.29 is 9.53 Å². The first-order chi connectivity index (χ1) is 8.86. The van der Waals surface area contributed by atoms with Gasteiger partial charge in [-0.3, -0.25) is 4.79 Å². The summed E-state index contributed by atoms with van der Waals surface area (Å²) in [5.74, 6) is -0.0375. The van der Waals surface area contributed by atoms with Crippen molar-refractivity contribution in [1.29, 1.82) is 0 Å². The van der Waals surface area contributed by atoms with Crippen LogP contribution in [0.3, 0.4) is 0 Å². The molecule has 1 aliphatic heterocycles. The molecule has 0 radical (unpaired) electrons. The largest absolute Gasteiger partial charge is 0.376 e. The number of hydrogen-bond acceptors (Lipinski definition) is 3. The highest BCUT2D eigenvalue weighted by Gasteiger charge is 2.12. The van der Waals surface area contributed by atoms with Gasteiger partial charge in [0, 0.05) is 12.1 Å². The lowest BCUT2D eigenvalue weighted by Gasteiger charge is -2.22. The van der Waals surface area contributed by atoms with Gasteiger partial charge in [-0.05, 0) is 38.1 Å². The van der Waals surface area contributed by atoms with E-state index in [0.29, 0.717) is 24.8 Å². The van der Waals surface area contributed by atoms with Crippen LogP contribution in [0.4, 0.5) is 0 Å². The highest BCUT2D eigenvalue weighted by atomic mass is 16.5. The monoisotopic (exact) mass is 248 g/mol. The molecule has 1 aromatic rings. The molecule has 1 amide bonds. The van der Waals surface area contributed by atoms with Crippen LogP contribution in [-0.4, -0.2) is 38.3 Å². The van der Waals surface area contributed by atoms with E-state index < -0.39 is 0 Å². The van der Waals surface area contributed by atoms with E-state index >= 15 is 0 Å². The maximum atomic E-state index is 11.7. The average molecular weight is 248 g/mol. The molecule has 4 nitrogen and oxygen atoms in total. The van der Waals surface area contributed by atoms with E-state index in [1.807, 2.05) is 30.3 Å². The van der Waals surface area contributed by atoms with Gasteiger partial charge in [0.1, 0.15) is 0 Å². The molecule has 18 heavy (non-hydrogen) atoms. The van der Waals surface area contributed by atoms with Crippen LogP contribution < -0.4 is 10.6 Å². The summed E-state index contributed by atoms with van der Waals surface area (Å²) < 4.78 is 5.71. The van der Waals surface area contributed by atoms with E-state index in [4.69, 9.17) is 4.74 Å². The van der Waals surface area contributed by atoms with Gasteiger partial charge in [0.25, 0.3) is 5.91 Å². The third-order valence-corrected chi connectivity index (χ3v) is 3.06. The number of ether oxygens (including phenoxy) is 1. The van der Waals surface area contributed by atoms with E-state index in [9.17, 15) is 4.79 Å². The molecule has 2 rings (SSSR count). The van der Waals surface area contributed by atoms with Gasteiger partial charge in [0.15, 0.2) is 0 Å². The Kier molecular flexibility index (Phi) is 5.17.